The Balaban J connectivity index is 3.11. The molecule has 1 aromatic carbocycles. The molecule has 1 aromatic rings. The van der Waals surface area contributed by atoms with Crippen LogP contribution in [0.4, 0.5) is 4.39 Å². The van der Waals surface area contributed by atoms with Crippen molar-refractivity contribution < 1.29 is 22.3 Å². The summed E-state index contributed by atoms with van der Waals surface area (Å²) in [6.07, 6.45) is 1.56. The molecule has 0 amide bonds. The summed E-state index contributed by atoms with van der Waals surface area (Å²) in [6.45, 7) is 3.52. The van der Waals surface area contributed by atoms with E-state index in [9.17, 15) is 17.6 Å². The van der Waals surface area contributed by atoms with Gasteiger partial charge >= 0.3 is 5.97 Å². The van der Waals surface area contributed by atoms with Crippen molar-refractivity contribution in [2.75, 3.05) is 6.61 Å². The molecule has 0 heterocycles. The highest BCUT2D eigenvalue weighted by Gasteiger charge is 2.21. The molecule has 0 fully saturated rings. The molecular weight excluding hydrogens is 295 g/mol. The Morgan fingerprint density at radius 1 is 1.42 bits per heavy atom. The smallest absolute Gasteiger partial charge is 0.338 e. The fraction of sp³-hybridized carbons (Fsp3) is 0.417. The third-order valence-electron chi connectivity index (χ3n) is 2.45. The molecule has 0 radical (unpaired) electrons. The number of ether oxygens (including phenoxy) is 1. The zero-order valence-corrected chi connectivity index (χ0v) is 12.1. The zero-order valence-electron chi connectivity index (χ0n) is 10.6. The quantitative estimate of drug-likeness (QED) is 0.476. The monoisotopic (exact) mass is 308 g/mol. The number of halogens is 2. The predicted octanol–water partition coefficient (Wildman–Crippen LogP) is 3.02. The van der Waals surface area contributed by atoms with Crippen LogP contribution in [0.1, 0.15) is 35.7 Å². The van der Waals surface area contributed by atoms with Crippen molar-refractivity contribution in [2.24, 2.45) is 0 Å². The van der Waals surface area contributed by atoms with Crippen molar-refractivity contribution in [1.82, 2.24) is 0 Å². The molecule has 7 heteroatoms. The third-order valence-corrected chi connectivity index (χ3v) is 3.77. The van der Waals surface area contributed by atoms with Crippen LogP contribution >= 0.6 is 10.7 Å². The minimum absolute atomic E-state index is 0.0177. The standard InChI is InChI=1S/C12H14ClFO4S/c1-3-4-5-18-12(15)9-6-8(2)11(14)10(7-9)19(13,16)17/h6-7H,3-5H2,1-2H3. The van der Waals surface area contributed by atoms with Crippen LogP contribution in [0.3, 0.4) is 0 Å². The van der Waals surface area contributed by atoms with Gasteiger partial charge in [0.25, 0.3) is 9.05 Å². The molecule has 4 nitrogen and oxygen atoms in total. The molecule has 0 spiro atoms. The second-order valence-electron chi connectivity index (χ2n) is 4.03. The van der Waals surface area contributed by atoms with E-state index >= 15 is 0 Å². The molecule has 0 saturated heterocycles. The van der Waals surface area contributed by atoms with Crippen LogP contribution in [-0.4, -0.2) is 21.0 Å². The molecule has 0 N–H and O–H groups in total. The summed E-state index contributed by atoms with van der Waals surface area (Å²) in [4.78, 5) is 11.0. The minimum atomic E-state index is -4.25. The molecule has 0 saturated carbocycles. The van der Waals surface area contributed by atoms with Crippen molar-refractivity contribution in [3.8, 4) is 0 Å². The van der Waals surface area contributed by atoms with Crippen LogP contribution in [0.15, 0.2) is 17.0 Å². The van der Waals surface area contributed by atoms with Crippen molar-refractivity contribution in [1.29, 1.82) is 0 Å². The minimum Gasteiger partial charge on any atom is -0.462 e. The van der Waals surface area contributed by atoms with Crippen molar-refractivity contribution in [2.45, 2.75) is 31.6 Å². The summed E-state index contributed by atoms with van der Waals surface area (Å²) < 4.78 is 41.0. The van der Waals surface area contributed by atoms with Gasteiger partial charge in [-0.2, -0.15) is 0 Å². The summed E-state index contributed by atoms with van der Waals surface area (Å²) in [5.74, 6) is -1.65. The Hall–Kier alpha value is -1.14. The number of hydrogen-bond donors (Lipinski definition) is 0. The van der Waals surface area contributed by atoms with Gasteiger partial charge in [-0.25, -0.2) is 17.6 Å². The highest BCUT2D eigenvalue weighted by molar-refractivity contribution is 8.13. The molecule has 0 aromatic heterocycles. The van der Waals surface area contributed by atoms with Crippen LogP contribution < -0.4 is 0 Å². The molecular formula is C12H14ClFO4S. The first-order valence-electron chi connectivity index (χ1n) is 5.69. The molecule has 0 unspecified atom stereocenters. The van der Waals surface area contributed by atoms with E-state index in [2.05, 4.69) is 0 Å². The molecule has 0 aliphatic heterocycles. The third kappa shape index (κ3) is 4.18. The fourth-order valence-electron chi connectivity index (χ4n) is 1.43. The summed E-state index contributed by atoms with van der Waals surface area (Å²) >= 11 is 0. The van der Waals surface area contributed by atoms with Gasteiger partial charge in [0, 0.05) is 10.7 Å². The first-order valence-corrected chi connectivity index (χ1v) is 8.00. The van der Waals surface area contributed by atoms with E-state index in [1.165, 1.54) is 13.0 Å². The number of rotatable bonds is 5. The Kier molecular flexibility index (Phi) is 5.31. The molecule has 0 atom stereocenters. The van der Waals surface area contributed by atoms with Crippen molar-refractivity contribution >= 4 is 25.7 Å². The van der Waals surface area contributed by atoms with E-state index in [4.69, 9.17) is 15.4 Å². The van der Waals surface area contributed by atoms with Crippen LogP contribution in [0, 0.1) is 12.7 Å². The Morgan fingerprint density at radius 2 is 2.05 bits per heavy atom. The normalized spacial score (nSPS) is 11.4. The Morgan fingerprint density at radius 3 is 2.58 bits per heavy atom. The van der Waals surface area contributed by atoms with Gasteiger partial charge < -0.3 is 4.74 Å². The highest BCUT2D eigenvalue weighted by atomic mass is 35.7. The van der Waals surface area contributed by atoms with Gasteiger partial charge in [0.15, 0.2) is 0 Å². The van der Waals surface area contributed by atoms with Gasteiger partial charge in [0.1, 0.15) is 10.7 Å². The fourth-order valence-corrected chi connectivity index (χ4v) is 2.40. The van der Waals surface area contributed by atoms with E-state index in [-0.39, 0.29) is 17.7 Å². The van der Waals surface area contributed by atoms with Crippen LogP contribution in [0.25, 0.3) is 0 Å². The van der Waals surface area contributed by atoms with Gasteiger partial charge in [0.05, 0.1) is 12.2 Å². The highest BCUT2D eigenvalue weighted by Crippen LogP contribution is 2.23. The van der Waals surface area contributed by atoms with E-state index in [0.717, 1.165) is 12.5 Å². The summed E-state index contributed by atoms with van der Waals surface area (Å²) in [5.41, 5.74) is -0.0154. The SMILES string of the molecule is CCCCOC(=O)c1cc(C)c(F)c(S(=O)(=O)Cl)c1. The summed E-state index contributed by atoms with van der Waals surface area (Å²) in [7, 11) is 0.872. The van der Waals surface area contributed by atoms with Gasteiger partial charge in [0.2, 0.25) is 0 Å². The Bertz CT molecular complexity index is 584. The summed E-state index contributed by atoms with van der Waals surface area (Å²) in [5, 5.41) is 0. The topological polar surface area (TPSA) is 60.4 Å². The largest absolute Gasteiger partial charge is 0.462 e. The van der Waals surface area contributed by atoms with Crippen LogP contribution in [-0.2, 0) is 13.8 Å². The van der Waals surface area contributed by atoms with E-state index in [0.29, 0.717) is 6.42 Å². The number of carbonyl (C=O) groups is 1. The van der Waals surface area contributed by atoms with Gasteiger partial charge in [-0.1, -0.05) is 13.3 Å². The lowest BCUT2D eigenvalue weighted by Gasteiger charge is -2.08. The lowest BCUT2D eigenvalue weighted by atomic mass is 10.1. The molecule has 0 aliphatic rings. The number of carbonyl (C=O) groups excluding carboxylic acids is 1. The maximum atomic E-state index is 13.6. The molecule has 0 aliphatic carbocycles. The number of esters is 1. The maximum Gasteiger partial charge on any atom is 0.338 e. The van der Waals surface area contributed by atoms with Crippen molar-refractivity contribution in [3.05, 3.63) is 29.1 Å². The average molecular weight is 309 g/mol. The maximum absolute atomic E-state index is 13.6. The average Bonchev–Trinajstić information content (AvgIpc) is 2.31. The van der Waals surface area contributed by atoms with Gasteiger partial charge in [-0.15, -0.1) is 0 Å². The second kappa shape index (κ2) is 6.34. The first-order chi connectivity index (χ1) is 8.77. The lowest BCUT2D eigenvalue weighted by Crippen LogP contribution is -2.09. The van der Waals surface area contributed by atoms with Gasteiger partial charge in [-0.05, 0) is 31.0 Å². The predicted molar refractivity (Wildman–Crippen MR) is 69.4 cm³/mol. The number of hydrogen-bond acceptors (Lipinski definition) is 4. The van der Waals surface area contributed by atoms with Crippen molar-refractivity contribution in [3.63, 3.8) is 0 Å². The van der Waals surface area contributed by atoms with E-state index < -0.39 is 25.7 Å². The van der Waals surface area contributed by atoms with Gasteiger partial charge in [-0.3, -0.25) is 0 Å². The number of aryl methyl sites for hydroxylation is 1. The first kappa shape index (κ1) is 15.9. The van der Waals surface area contributed by atoms with Crippen LogP contribution in [0.2, 0.25) is 0 Å². The lowest BCUT2D eigenvalue weighted by molar-refractivity contribution is 0.0499. The number of unbranched alkanes of at least 4 members (excludes halogenated alkanes) is 1. The molecule has 106 valence electrons. The zero-order chi connectivity index (χ0) is 14.6. The molecule has 19 heavy (non-hydrogen) atoms. The summed E-state index contributed by atoms with van der Waals surface area (Å²) in [6, 6.07) is 2.12. The van der Waals surface area contributed by atoms with E-state index in [1.807, 2.05) is 6.92 Å². The molecule has 1 rings (SSSR count). The van der Waals surface area contributed by atoms with E-state index in [1.54, 1.807) is 0 Å². The molecule has 0 bridgehead atoms. The van der Waals surface area contributed by atoms with Crippen LogP contribution in [0.5, 0.6) is 0 Å². The Labute approximate surface area is 115 Å². The second-order valence-corrected chi connectivity index (χ2v) is 6.57. The number of benzene rings is 1.